The van der Waals surface area contributed by atoms with E-state index in [2.05, 4.69) is 13.8 Å². The van der Waals surface area contributed by atoms with Gasteiger partial charge in [0.2, 0.25) is 0 Å². The molecule has 0 aromatic rings. The molecule has 0 amide bonds. The smallest absolute Gasteiger partial charge is 0.0847 e. The molecule has 4 aliphatic carbocycles. The van der Waals surface area contributed by atoms with E-state index in [4.69, 9.17) is 4.74 Å². The fourth-order valence-corrected chi connectivity index (χ4v) is 7.51. The van der Waals surface area contributed by atoms with Gasteiger partial charge in [-0.15, -0.1) is 0 Å². The first-order valence-electron chi connectivity index (χ1n) is 9.26. The topological polar surface area (TPSA) is 12.5 Å². The molecule has 0 aromatic carbocycles. The number of hydrogen-bond donors (Lipinski definition) is 0. The molecule has 5 aliphatic rings. The highest BCUT2D eigenvalue weighted by molar-refractivity contribution is 5.11. The maximum Gasteiger partial charge on any atom is 0.0847 e. The Morgan fingerprint density at radius 1 is 0.900 bits per heavy atom. The normalized spacial score (nSPS) is 63.9. The lowest BCUT2D eigenvalue weighted by Crippen LogP contribution is -2.52. The highest BCUT2D eigenvalue weighted by atomic mass is 16.6. The zero-order valence-corrected chi connectivity index (χ0v) is 13.2. The van der Waals surface area contributed by atoms with Gasteiger partial charge in [0.25, 0.3) is 0 Å². The first-order valence-corrected chi connectivity index (χ1v) is 9.26. The van der Waals surface area contributed by atoms with Gasteiger partial charge in [0.05, 0.1) is 12.2 Å². The summed E-state index contributed by atoms with van der Waals surface area (Å²) < 4.78 is 5.92. The Morgan fingerprint density at radius 3 is 2.70 bits per heavy atom. The van der Waals surface area contributed by atoms with Gasteiger partial charge >= 0.3 is 0 Å². The molecule has 5 fully saturated rings. The van der Waals surface area contributed by atoms with Crippen LogP contribution in [0.4, 0.5) is 0 Å². The molecule has 1 heteroatoms. The quantitative estimate of drug-likeness (QED) is 0.578. The predicted octanol–water partition coefficient (Wildman–Crippen LogP) is 4.80. The molecular weight excluding hydrogens is 244 g/mol. The van der Waals surface area contributed by atoms with Crippen LogP contribution in [-0.2, 0) is 4.74 Å². The summed E-state index contributed by atoms with van der Waals surface area (Å²) in [6, 6.07) is 0. The van der Waals surface area contributed by atoms with Gasteiger partial charge in [-0.2, -0.15) is 0 Å². The van der Waals surface area contributed by atoms with Crippen LogP contribution in [0.5, 0.6) is 0 Å². The van der Waals surface area contributed by atoms with Crippen LogP contribution >= 0.6 is 0 Å². The lowest BCUT2D eigenvalue weighted by Gasteiger charge is -2.59. The number of fused-ring (bicyclic) bond motifs is 6. The third kappa shape index (κ3) is 1.49. The van der Waals surface area contributed by atoms with E-state index >= 15 is 0 Å². The second kappa shape index (κ2) is 3.83. The first kappa shape index (κ1) is 12.5. The van der Waals surface area contributed by atoms with Crippen LogP contribution in [-0.4, -0.2) is 12.2 Å². The van der Waals surface area contributed by atoms with Crippen molar-refractivity contribution in [1.29, 1.82) is 0 Å². The second-order valence-electron chi connectivity index (χ2n) is 9.39. The van der Waals surface area contributed by atoms with Gasteiger partial charge in [-0.3, -0.25) is 0 Å². The molecule has 5 rings (SSSR count). The van der Waals surface area contributed by atoms with Crippen molar-refractivity contribution in [2.75, 3.05) is 0 Å². The van der Waals surface area contributed by atoms with Crippen molar-refractivity contribution in [2.24, 2.45) is 34.5 Å². The number of epoxide rings is 1. The maximum atomic E-state index is 5.92. The van der Waals surface area contributed by atoms with E-state index < -0.39 is 0 Å². The van der Waals surface area contributed by atoms with Gasteiger partial charge in [-0.1, -0.05) is 20.3 Å². The van der Waals surface area contributed by atoms with Gasteiger partial charge in [0, 0.05) is 0 Å². The van der Waals surface area contributed by atoms with E-state index in [0.717, 1.165) is 29.1 Å². The van der Waals surface area contributed by atoms with Crippen LogP contribution in [0.2, 0.25) is 0 Å². The SMILES string of the molecule is C[C@@]12CCC[C@H]1[C@@H]1CCC3CC4OC4C[C@]3(C)[C@@H]1CC2. The summed E-state index contributed by atoms with van der Waals surface area (Å²) in [5.74, 6) is 4.14. The first-order chi connectivity index (χ1) is 9.60. The third-order valence-electron chi connectivity index (χ3n) is 8.69. The van der Waals surface area contributed by atoms with Crippen molar-refractivity contribution in [3.63, 3.8) is 0 Å². The summed E-state index contributed by atoms with van der Waals surface area (Å²) in [5, 5.41) is 0. The van der Waals surface area contributed by atoms with Crippen LogP contribution in [0, 0.1) is 34.5 Å². The second-order valence-corrected chi connectivity index (χ2v) is 9.39. The number of rotatable bonds is 0. The average molecular weight is 274 g/mol. The van der Waals surface area contributed by atoms with Crippen LogP contribution in [0.3, 0.4) is 0 Å². The summed E-state index contributed by atoms with van der Waals surface area (Å²) in [6.07, 6.45) is 14.8. The van der Waals surface area contributed by atoms with Gasteiger partial charge in [0.15, 0.2) is 0 Å². The summed E-state index contributed by atoms with van der Waals surface area (Å²) in [4.78, 5) is 0. The highest BCUT2D eigenvalue weighted by Gasteiger charge is 2.62. The summed E-state index contributed by atoms with van der Waals surface area (Å²) in [7, 11) is 0. The van der Waals surface area contributed by atoms with Crippen molar-refractivity contribution < 1.29 is 4.74 Å². The van der Waals surface area contributed by atoms with Crippen LogP contribution in [0.15, 0.2) is 0 Å². The van der Waals surface area contributed by atoms with E-state index in [1.54, 1.807) is 12.8 Å². The minimum atomic E-state index is 0.629. The van der Waals surface area contributed by atoms with Gasteiger partial charge in [0.1, 0.15) is 0 Å². The lowest BCUT2D eigenvalue weighted by molar-refractivity contribution is -0.0981. The lowest BCUT2D eigenvalue weighted by atomic mass is 9.45. The minimum Gasteiger partial charge on any atom is -0.370 e. The molecule has 0 aromatic heterocycles. The molecule has 1 aliphatic heterocycles. The summed E-state index contributed by atoms with van der Waals surface area (Å²) >= 11 is 0. The molecule has 1 nitrogen and oxygen atoms in total. The minimum absolute atomic E-state index is 0.629. The fourth-order valence-electron chi connectivity index (χ4n) is 7.51. The molecule has 8 atom stereocenters. The van der Waals surface area contributed by atoms with Gasteiger partial charge in [-0.25, -0.2) is 0 Å². The van der Waals surface area contributed by atoms with E-state index in [9.17, 15) is 0 Å². The van der Waals surface area contributed by atoms with Crippen molar-refractivity contribution in [2.45, 2.75) is 83.8 Å². The van der Waals surface area contributed by atoms with Crippen molar-refractivity contribution in [3.8, 4) is 0 Å². The molecule has 0 spiro atoms. The number of ether oxygens (including phenoxy) is 1. The molecule has 1 heterocycles. The predicted molar refractivity (Wildman–Crippen MR) is 80.4 cm³/mol. The maximum absolute atomic E-state index is 5.92. The van der Waals surface area contributed by atoms with Gasteiger partial charge in [-0.05, 0) is 85.9 Å². The third-order valence-corrected chi connectivity index (χ3v) is 8.69. The molecule has 4 saturated carbocycles. The van der Waals surface area contributed by atoms with Gasteiger partial charge < -0.3 is 4.74 Å². The van der Waals surface area contributed by atoms with E-state index in [0.29, 0.717) is 17.6 Å². The molecule has 1 saturated heterocycles. The van der Waals surface area contributed by atoms with Crippen molar-refractivity contribution in [1.82, 2.24) is 0 Å². The average Bonchev–Trinajstić information content (AvgIpc) is 3.03. The Balaban J connectivity index is 1.48. The summed E-state index contributed by atoms with van der Waals surface area (Å²) in [6.45, 7) is 5.28. The number of hydrogen-bond acceptors (Lipinski definition) is 1. The Kier molecular flexibility index (Phi) is 2.39. The fraction of sp³-hybridized carbons (Fsp3) is 1.00. The Hall–Kier alpha value is -0.0400. The summed E-state index contributed by atoms with van der Waals surface area (Å²) in [5.41, 5.74) is 1.35. The van der Waals surface area contributed by atoms with Crippen LogP contribution < -0.4 is 0 Å². The standard InChI is InChI=1S/C19H30O/c1-18-8-3-4-14(18)13-6-5-12-10-16-17(20-16)11-19(12,2)15(13)7-9-18/h12-17H,3-11H2,1-2H3/t12?,13-,14-,15+,16?,17?,18-,19-/m0/s1. The Bertz CT molecular complexity index is 431. The van der Waals surface area contributed by atoms with Crippen molar-refractivity contribution in [3.05, 3.63) is 0 Å². The van der Waals surface area contributed by atoms with E-state index in [-0.39, 0.29) is 0 Å². The highest BCUT2D eigenvalue weighted by Crippen LogP contribution is 2.67. The zero-order valence-electron chi connectivity index (χ0n) is 13.2. The molecular formula is C19H30O. The van der Waals surface area contributed by atoms with Crippen LogP contribution in [0.1, 0.15) is 71.6 Å². The molecule has 20 heavy (non-hydrogen) atoms. The molecule has 0 bridgehead atoms. The van der Waals surface area contributed by atoms with Crippen LogP contribution in [0.25, 0.3) is 0 Å². The Labute approximate surface area is 123 Å². The molecule has 0 N–H and O–H groups in total. The van der Waals surface area contributed by atoms with Crippen molar-refractivity contribution >= 4 is 0 Å². The molecule has 3 unspecified atom stereocenters. The Morgan fingerprint density at radius 2 is 1.80 bits per heavy atom. The molecule has 112 valence electrons. The zero-order chi connectivity index (χ0) is 13.5. The van der Waals surface area contributed by atoms with E-state index in [1.807, 2.05) is 0 Å². The molecule has 0 radical (unpaired) electrons. The largest absolute Gasteiger partial charge is 0.370 e. The van der Waals surface area contributed by atoms with E-state index in [1.165, 1.54) is 44.9 Å². The monoisotopic (exact) mass is 274 g/mol.